The molecule has 0 saturated heterocycles. The molecule has 0 bridgehead atoms. The smallest absolute Gasteiger partial charge is 0.410 e. The van der Waals surface area contributed by atoms with Crippen LogP contribution >= 0.6 is 0 Å². The standard InChI is InChI=1S/C20H38N2O5Si/c1-19(2,3)27-18(25)22-12-16(23)15(17(24)21(7)8)11-14(22)13-26-28(9,10)20(4,5)6/h11,14,16,23H,12-13H2,1-10H3. The molecule has 28 heavy (non-hydrogen) atoms. The Morgan fingerprint density at radius 1 is 1.21 bits per heavy atom. The van der Waals surface area contributed by atoms with Crippen LogP contribution in [0.1, 0.15) is 41.5 Å². The summed E-state index contributed by atoms with van der Waals surface area (Å²) in [5.74, 6) is -0.270. The highest BCUT2D eigenvalue weighted by atomic mass is 28.4. The van der Waals surface area contributed by atoms with Crippen LogP contribution < -0.4 is 0 Å². The minimum atomic E-state index is -2.05. The summed E-state index contributed by atoms with van der Waals surface area (Å²) in [6, 6.07) is -0.480. The maximum Gasteiger partial charge on any atom is 0.410 e. The topological polar surface area (TPSA) is 79.3 Å². The molecule has 0 spiro atoms. The first kappa shape index (κ1) is 24.7. The third-order valence-electron chi connectivity index (χ3n) is 5.20. The van der Waals surface area contributed by atoms with Crippen molar-refractivity contribution in [3.63, 3.8) is 0 Å². The van der Waals surface area contributed by atoms with Crippen molar-refractivity contribution in [3.8, 4) is 0 Å². The fourth-order valence-electron chi connectivity index (χ4n) is 2.48. The van der Waals surface area contributed by atoms with Gasteiger partial charge in [0.2, 0.25) is 0 Å². The second-order valence-corrected chi connectivity index (χ2v) is 14.9. The Balaban J connectivity index is 3.18. The summed E-state index contributed by atoms with van der Waals surface area (Å²) < 4.78 is 11.8. The second kappa shape index (κ2) is 8.55. The fourth-order valence-corrected chi connectivity index (χ4v) is 3.50. The van der Waals surface area contributed by atoms with E-state index in [4.69, 9.17) is 9.16 Å². The van der Waals surface area contributed by atoms with Gasteiger partial charge in [-0.3, -0.25) is 9.69 Å². The molecule has 2 unspecified atom stereocenters. The van der Waals surface area contributed by atoms with Gasteiger partial charge >= 0.3 is 6.09 Å². The summed E-state index contributed by atoms with van der Waals surface area (Å²) in [5.41, 5.74) is -0.371. The lowest BCUT2D eigenvalue weighted by molar-refractivity contribution is -0.126. The molecule has 1 heterocycles. The number of carbonyl (C=O) groups excluding carboxylic acids is 2. The molecule has 1 aliphatic heterocycles. The average Bonchev–Trinajstić information content (AvgIpc) is 2.49. The first-order valence-electron chi connectivity index (χ1n) is 9.71. The number of likely N-dealkylation sites (N-methyl/N-ethyl adjacent to an activating group) is 1. The fraction of sp³-hybridized carbons (Fsp3) is 0.800. The lowest BCUT2D eigenvalue weighted by Crippen LogP contribution is -2.54. The van der Waals surface area contributed by atoms with E-state index in [1.807, 2.05) is 0 Å². The minimum Gasteiger partial charge on any atom is -0.444 e. The Morgan fingerprint density at radius 2 is 1.75 bits per heavy atom. The number of ether oxygens (including phenoxy) is 1. The van der Waals surface area contributed by atoms with Crippen molar-refractivity contribution < 1.29 is 23.9 Å². The normalized spacial score (nSPS) is 21.2. The zero-order chi connectivity index (χ0) is 22.1. The summed E-state index contributed by atoms with van der Waals surface area (Å²) in [6.07, 6.45) is 0.0580. The van der Waals surface area contributed by atoms with Crippen molar-refractivity contribution in [2.45, 2.75) is 77.4 Å². The Morgan fingerprint density at radius 3 is 2.18 bits per heavy atom. The number of hydrogen-bond acceptors (Lipinski definition) is 5. The van der Waals surface area contributed by atoms with E-state index in [0.717, 1.165) is 0 Å². The largest absolute Gasteiger partial charge is 0.444 e. The zero-order valence-corrected chi connectivity index (χ0v) is 20.1. The van der Waals surface area contributed by atoms with Crippen LogP contribution in [0.5, 0.6) is 0 Å². The van der Waals surface area contributed by atoms with Crippen LogP contribution in [-0.2, 0) is 14.0 Å². The Kier molecular flexibility index (Phi) is 7.53. The van der Waals surface area contributed by atoms with Gasteiger partial charge in [-0.2, -0.15) is 0 Å². The molecule has 0 aliphatic carbocycles. The Bertz CT molecular complexity index is 617. The molecule has 1 N–H and O–H groups in total. The highest BCUT2D eigenvalue weighted by Crippen LogP contribution is 2.37. The van der Waals surface area contributed by atoms with Gasteiger partial charge in [-0.25, -0.2) is 4.79 Å². The molecule has 0 radical (unpaired) electrons. The maximum atomic E-state index is 12.7. The number of β-amino-alcohol motifs (C(OH)–C–C–N with tert-alkyl or cyclic N) is 1. The molecular formula is C20H38N2O5Si. The minimum absolute atomic E-state index is 0.00808. The predicted molar refractivity (Wildman–Crippen MR) is 113 cm³/mol. The van der Waals surface area contributed by atoms with E-state index >= 15 is 0 Å². The molecule has 2 amide bonds. The number of aliphatic hydroxyl groups excluding tert-OH is 1. The molecule has 0 aromatic carbocycles. The first-order chi connectivity index (χ1) is 12.5. The number of rotatable bonds is 4. The summed E-state index contributed by atoms with van der Waals surface area (Å²) in [7, 11) is 1.22. The lowest BCUT2D eigenvalue weighted by atomic mass is 9.99. The third kappa shape index (κ3) is 6.32. The molecule has 0 saturated carbocycles. The van der Waals surface area contributed by atoms with Gasteiger partial charge in [-0.1, -0.05) is 20.8 Å². The molecule has 2 atom stereocenters. The molecule has 8 heteroatoms. The van der Waals surface area contributed by atoms with E-state index in [9.17, 15) is 14.7 Å². The van der Waals surface area contributed by atoms with Gasteiger partial charge in [0, 0.05) is 19.7 Å². The number of amides is 2. The van der Waals surface area contributed by atoms with E-state index in [2.05, 4.69) is 33.9 Å². The molecule has 0 fully saturated rings. The van der Waals surface area contributed by atoms with Crippen LogP contribution in [0.2, 0.25) is 18.1 Å². The third-order valence-corrected chi connectivity index (χ3v) is 9.70. The van der Waals surface area contributed by atoms with Crippen molar-refractivity contribution in [1.82, 2.24) is 9.80 Å². The number of aliphatic hydroxyl groups is 1. The van der Waals surface area contributed by atoms with Gasteiger partial charge in [0.25, 0.3) is 5.91 Å². The molecule has 1 rings (SSSR count). The average molecular weight is 415 g/mol. The Hall–Kier alpha value is -1.38. The number of hydrogen-bond donors (Lipinski definition) is 1. The zero-order valence-electron chi connectivity index (χ0n) is 19.1. The predicted octanol–water partition coefficient (Wildman–Crippen LogP) is 3.00. The van der Waals surface area contributed by atoms with Crippen molar-refractivity contribution in [3.05, 3.63) is 11.6 Å². The van der Waals surface area contributed by atoms with E-state index < -0.39 is 32.2 Å². The van der Waals surface area contributed by atoms with Gasteiger partial charge in [-0.05, 0) is 45.0 Å². The lowest BCUT2D eigenvalue weighted by Gasteiger charge is -2.41. The van der Waals surface area contributed by atoms with E-state index in [-0.39, 0.29) is 29.7 Å². The summed E-state index contributed by atoms with van der Waals surface area (Å²) in [4.78, 5) is 28.1. The van der Waals surface area contributed by atoms with Gasteiger partial charge in [0.15, 0.2) is 8.32 Å². The Labute approximate surface area is 170 Å². The van der Waals surface area contributed by atoms with Crippen molar-refractivity contribution >= 4 is 20.3 Å². The van der Waals surface area contributed by atoms with Gasteiger partial charge < -0.3 is 19.2 Å². The van der Waals surface area contributed by atoms with E-state index in [0.29, 0.717) is 0 Å². The van der Waals surface area contributed by atoms with Gasteiger partial charge in [-0.15, -0.1) is 0 Å². The first-order valence-corrected chi connectivity index (χ1v) is 12.6. The highest BCUT2D eigenvalue weighted by Gasteiger charge is 2.41. The SMILES string of the molecule is CN(C)C(=O)C1=CC(CO[Si](C)(C)C(C)(C)C)N(C(=O)OC(C)(C)C)CC1O. The van der Waals surface area contributed by atoms with Crippen LogP contribution in [0.25, 0.3) is 0 Å². The second-order valence-electron chi connectivity index (χ2n) is 10.1. The van der Waals surface area contributed by atoms with Crippen molar-refractivity contribution in [2.75, 3.05) is 27.2 Å². The number of carbonyl (C=O) groups is 2. The van der Waals surface area contributed by atoms with Crippen molar-refractivity contribution in [1.29, 1.82) is 0 Å². The van der Waals surface area contributed by atoms with E-state index in [1.165, 1.54) is 9.80 Å². The monoisotopic (exact) mass is 414 g/mol. The van der Waals surface area contributed by atoms with Crippen LogP contribution in [0.3, 0.4) is 0 Å². The van der Waals surface area contributed by atoms with E-state index in [1.54, 1.807) is 40.9 Å². The summed E-state index contributed by atoms with van der Waals surface area (Å²) in [6.45, 7) is 16.3. The van der Waals surface area contributed by atoms with Crippen LogP contribution in [-0.4, -0.2) is 80.2 Å². The van der Waals surface area contributed by atoms with Crippen molar-refractivity contribution in [2.24, 2.45) is 0 Å². The quantitative estimate of drug-likeness (QED) is 0.716. The molecule has 0 aromatic rings. The molecule has 162 valence electrons. The summed E-state index contributed by atoms with van der Waals surface area (Å²) >= 11 is 0. The van der Waals surface area contributed by atoms with Crippen LogP contribution in [0.15, 0.2) is 11.6 Å². The molecule has 7 nitrogen and oxygen atoms in total. The summed E-state index contributed by atoms with van der Waals surface area (Å²) in [5, 5.41) is 10.5. The highest BCUT2D eigenvalue weighted by molar-refractivity contribution is 6.74. The maximum absolute atomic E-state index is 12.7. The molecular weight excluding hydrogens is 376 g/mol. The van der Waals surface area contributed by atoms with Gasteiger partial charge in [0.1, 0.15) is 11.7 Å². The number of nitrogens with zero attached hydrogens (tertiary/aromatic N) is 2. The molecule has 0 aromatic heterocycles. The molecule has 1 aliphatic rings. The van der Waals surface area contributed by atoms with Crippen LogP contribution in [0.4, 0.5) is 4.79 Å². The van der Waals surface area contributed by atoms with Gasteiger partial charge in [0.05, 0.1) is 19.2 Å². The van der Waals surface area contributed by atoms with Crippen LogP contribution in [0, 0.1) is 0 Å².